The maximum Gasteiger partial charge on any atom is 0.393 e. The maximum absolute atomic E-state index is 6.27. The zero-order valence-electron chi connectivity index (χ0n) is 15.4. The van der Waals surface area contributed by atoms with Crippen molar-refractivity contribution in [3.05, 3.63) is 65.2 Å². The van der Waals surface area contributed by atoms with E-state index in [4.69, 9.17) is 4.42 Å². The summed E-state index contributed by atoms with van der Waals surface area (Å²) in [5.41, 5.74) is 7.18. The van der Waals surface area contributed by atoms with Gasteiger partial charge in [0, 0.05) is 5.39 Å². The monoisotopic (exact) mass is 358 g/mol. The molecule has 0 aliphatic rings. The molecule has 2 nitrogen and oxygen atoms in total. The van der Waals surface area contributed by atoms with Crippen molar-refractivity contribution in [1.82, 2.24) is 0 Å². The molecule has 128 valence electrons. The van der Waals surface area contributed by atoms with Crippen molar-refractivity contribution in [3.63, 3.8) is 0 Å². The van der Waals surface area contributed by atoms with E-state index < -0.39 is 0 Å². The number of aryl methyl sites for hydroxylation is 3. The summed E-state index contributed by atoms with van der Waals surface area (Å²) in [5, 5.41) is 4.92. The van der Waals surface area contributed by atoms with Crippen LogP contribution >= 0.6 is 11.3 Å². The van der Waals surface area contributed by atoms with Crippen molar-refractivity contribution in [2.75, 3.05) is 0 Å². The summed E-state index contributed by atoms with van der Waals surface area (Å²) in [6.07, 6.45) is 0. The predicted molar refractivity (Wildman–Crippen MR) is 110 cm³/mol. The Morgan fingerprint density at radius 2 is 1.65 bits per heavy atom. The number of benzene rings is 3. The Morgan fingerprint density at radius 3 is 2.42 bits per heavy atom. The number of thiazole rings is 1. The Bertz CT molecular complexity index is 1320. The lowest BCUT2D eigenvalue weighted by atomic mass is 10.0. The normalized spacial score (nSPS) is 11.8. The van der Waals surface area contributed by atoms with Gasteiger partial charge in [0.05, 0.1) is 5.56 Å². The van der Waals surface area contributed by atoms with E-state index in [1.165, 1.54) is 48.1 Å². The molecular weight excluding hydrogens is 338 g/mol. The SMILES string of the molecule is Cc1cc(C)c(C)c(-c2sc3c4cc5ccccc5cc4oc3[n+]2C)c1. The molecule has 2 heterocycles. The summed E-state index contributed by atoms with van der Waals surface area (Å²) < 4.78 is 9.69. The van der Waals surface area contributed by atoms with Crippen molar-refractivity contribution < 1.29 is 8.98 Å². The Hall–Kier alpha value is -2.65. The third-order valence-electron chi connectivity index (χ3n) is 5.34. The van der Waals surface area contributed by atoms with Crippen LogP contribution in [-0.4, -0.2) is 0 Å². The molecule has 0 fully saturated rings. The number of aromatic nitrogens is 1. The van der Waals surface area contributed by atoms with Crippen LogP contribution in [-0.2, 0) is 7.05 Å². The summed E-state index contributed by atoms with van der Waals surface area (Å²) >= 11 is 1.82. The molecule has 3 heteroatoms. The van der Waals surface area contributed by atoms with Crippen LogP contribution in [0, 0.1) is 20.8 Å². The third kappa shape index (κ3) is 2.14. The number of fused-ring (bicyclic) bond motifs is 4. The summed E-state index contributed by atoms with van der Waals surface area (Å²) in [4.78, 5) is 0. The Labute approximate surface area is 156 Å². The highest BCUT2D eigenvalue weighted by atomic mass is 32.1. The van der Waals surface area contributed by atoms with Crippen molar-refractivity contribution in [1.29, 1.82) is 0 Å². The molecule has 0 saturated carbocycles. The third-order valence-corrected chi connectivity index (χ3v) is 6.63. The fourth-order valence-electron chi connectivity index (χ4n) is 3.82. The molecule has 5 rings (SSSR count). The first kappa shape index (κ1) is 15.6. The van der Waals surface area contributed by atoms with Gasteiger partial charge in [-0.15, -0.1) is 0 Å². The van der Waals surface area contributed by atoms with Gasteiger partial charge in [0.1, 0.15) is 12.6 Å². The lowest BCUT2D eigenvalue weighted by Crippen LogP contribution is -2.28. The van der Waals surface area contributed by atoms with Gasteiger partial charge in [-0.05, 0) is 66.4 Å². The van der Waals surface area contributed by atoms with E-state index in [2.05, 4.69) is 80.9 Å². The number of nitrogens with zero attached hydrogens (tertiary/aromatic N) is 1. The minimum atomic E-state index is 0.953. The molecular formula is C23H20NOS+. The van der Waals surface area contributed by atoms with E-state index in [9.17, 15) is 0 Å². The van der Waals surface area contributed by atoms with E-state index in [1.807, 2.05) is 11.3 Å². The molecule has 3 aromatic carbocycles. The van der Waals surface area contributed by atoms with Crippen molar-refractivity contribution in [3.8, 4) is 10.6 Å². The Kier molecular flexibility index (Phi) is 3.25. The topological polar surface area (TPSA) is 17.0 Å². The van der Waals surface area contributed by atoms with Crippen LogP contribution in [0.3, 0.4) is 0 Å². The Balaban J connectivity index is 1.84. The first-order valence-corrected chi connectivity index (χ1v) is 9.66. The van der Waals surface area contributed by atoms with Gasteiger partial charge in [-0.2, -0.15) is 4.57 Å². The number of hydrogen-bond donors (Lipinski definition) is 0. The van der Waals surface area contributed by atoms with Crippen LogP contribution < -0.4 is 4.57 Å². The maximum atomic E-state index is 6.27. The molecule has 0 unspecified atom stereocenters. The minimum absolute atomic E-state index is 0.953. The molecule has 0 bridgehead atoms. The molecule has 0 amide bonds. The molecule has 0 radical (unpaired) electrons. The van der Waals surface area contributed by atoms with Crippen LogP contribution in [0.2, 0.25) is 0 Å². The summed E-state index contributed by atoms with van der Waals surface area (Å²) in [6.45, 7) is 6.55. The molecule has 2 aromatic heterocycles. The van der Waals surface area contributed by atoms with Gasteiger partial charge < -0.3 is 4.42 Å². The fourth-order valence-corrected chi connectivity index (χ4v) is 5.09. The molecule has 26 heavy (non-hydrogen) atoms. The molecule has 5 aromatic rings. The second-order valence-corrected chi connectivity index (χ2v) is 8.15. The van der Waals surface area contributed by atoms with Crippen LogP contribution in [0.15, 0.2) is 52.9 Å². The first-order chi connectivity index (χ1) is 12.5. The molecule has 0 atom stereocenters. The zero-order chi connectivity index (χ0) is 18.0. The Morgan fingerprint density at radius 1 is 0.923 bits per heavy atom. The molecule has 0 N–H and O–H groups in total. The lowest BCUT2D eigenvalue weighted by Gasteiger charge is -2.06. The second kappa shape index (κ2) is 5.42. The summed E-state index contributed by atoms with van der Waals surface area (Å²) in [7, 11) is 2.10. The predicted octanol–water partition coefficient (Wildman–Crippen LogP) is 6.22. The smallest absolute Gasteiger partial charge is 0.393 e. The average molecular weight is 358 g/mol. The molecule has 0 saturated heterocycles. The highest BCUT2D eigenvalue weighted by Crippen LogP contribution is 2.38. The van der Waals surface area contributed by atoms with Crippen LogP contribution in [0.1, 0.15) is 16.7 Å². The first-order valence-electron chi connectivity index (χ1n) is 8.85. The van der Waals surface area contributed by atoms with Gasteiger partial charge in [-0.25, -0.2) is 0 Å². The van der Waals surface area contributed by atoms with Gasteiger partial charge in [0.25, 0.3) is 5.01 Å². The average Bonchev–Trinajstić information content (AvgIpc) is 3.13. The van der Waals surface area contributed by atoms with E-state index in [0.29, 0.717) is 0 Å². The van der Waals surface area contributed by atoms with Crippen molar-refractivity contribution >= 4 is 43.5 Å². The number of hydrogen-bond acceptors (Lipinski definition) is 2. The van der Waals surface area contributed by atoms with Crippen molar-refractivity contribution in [2.45, 2.75) is 20.8 Å². The number of furan rings is 1. The number of rotatable bonds is 1. The van der Waals surface area contributed by atoms with Crippen LogP contribution in [0.4, 0.5) is 0 Å². The quantitative estimate of drug-likeness (QED) is 0.325. The fraction of sp³-hybridized carbons (Fsp3) is 0.174. The van der Waals surface area contributed by atoms with E-state index in [0.717, 1.165) is 11.3 Å². The lowest BCUT2D eigenvalue weighted by molar-refractivity contribution is -0.636. The summed E-state index contributed by atoms with van der Waals surface area (Å²) in [6, 6.07) is 17.4. The van der Waals surface area contributed by atoms with Gasteiger partial charge in [0.15, 0.2) is 4.70 Å². The van der Waals surface area contributed by atoms with Gasteiger partial charge >= 0.3 is 5.71 Å². The zero-order valence-corrected chi connectivity index (χ0v) is 16.2. The van der Waals surface area contributed by atoms with E-state index >= 15 is 0 Å². The van der Waals surface area contributed by atoms with Gasteiger partial charge in [-0.1, -0.05) is 41.7 Å². The van der Waals surface area contributed by atoms with E-state index in [-0.39, 0.29) is 0 Å². The minimum Gasteiger partial charge on any atom is -0.403 e. The summed E-state index contributed by atoms with van der Waals surface area (Å²) in [5.74, 6) is 0. The van der Waals surface area contributed by atoms with E-state index in [1.54, 1.807) is 0 Å². The molecule has 0 aliphatic carbocycles. The largest absolute Gasteiger partial charge is 0.403 e. The van der Waals surface area contributed by atoms with Crippen LogP contribution in [0.25, 0.3) is 42.7 Å². The molecule has 0 aliphatic heterocycles. The van der Waals surface area contributed by atoms with Crippen LogP contribution in [0.5, 0.6) is 0 Å². The van der Waals surface area contributed by atoms with Gasteiger partial charge in [0.2, 0.25) is 0 Å². The standard InChI is InChI=1S/C23H20NOS/c1-13-9-14(2)15(3)18(10-13)23-24(4)22-21(26-23)19-11-16-7-5-6-8-17(16)12-20(19)25-22/h5-12H,1-4H3/q+1. The highest BCUT2D eigenvalue weighted by Gasteiger charge is 2.26. The van der Waals surface area contributed by atoms with Gasteiger partial charge in [-0.3, -0.25) is 0 Å². The second-order valence-electron chi connectivity index (χ2n) is 7.15. The molecule has 0 spiro atoms. The van der Waals surface area contributed by atoms with Crippen molar-refractivity contribution in [2.24, 2.45) is 7.05 Å². The highest BCUT2D eigenvalue weighted by molar-refractivity contribution is 7.22.